The standard InChI is InChI=1S/C11H15N5O3/c1-11(2)18-4-6(19-11)3-17-9-7-8(14-5-13-7)15-10(12)16-9/h5-6H,3-4H2,1-2H3,(H3,12,13,14,15,16)/t6-/m0/s1. The quantitative estimate of drug-likeness (QED) is 0.830. The smallest absolute Gasteiger partial charge is 0.245 e. The molecule has 1 saturated heterocycles. The Labute approximate surface area is 109 Å². The van der Waals surface area contributed by atoms with Gasteiger partial charge in [0.05, 0.1) is 12.9 Å². The first-order valence-corrected chi connectivity index (χ1v) is 5.95. The van der Waals surface area contributed by atoms with E-state index in [-0.39, 0.29) is 12.1 Å². The van der Waals surface area contributed by atoms with Gasteiger partial charge in [-0.2, -0.15) is 9.97 Å². The van der Waals surface area contributed by atoms with Crippen molar-refractivity contribution in [1.82, 2.24) is 19.9 Å². The molecule has 19 heavy (non-hydrogen) atoms. The average Bonchev–Trinajstić information content (AvgIpc) is 2.92. The fourth-order valence-electron chi connectivity index (χ4n) is 1.94. The first-order chi connectivity index (χ1) is 9.03. The van der Waals surface area contributed by atoms with Crippen LogP contribution in [0.3, 0.4) is 0 Å². The summed E-state index contributed by atoms with van der Waals surface area (Å²) in [6.07, 6.45) is 1.38. The highest BCUT2D eigenvalue weighted by molar-refractivity contribution is 5.76. The molecule has 2 aromatic rings. The SMILES string of the molecule is CC1(C)OC[C@H](COc2nc(N)nc3nc[nH]c23)O1. The first-order valence-electron chi connectivity index (χ1n) is 5.95. The molecule has 0 radical (unpaired) electrons. The van der Waals surface area contributed by atoms with Crippen LogP contribution in [0.15, 0.2) is 6.33 Å². The van der Waals surface area contributed by atoms with E-state index in [2.05, 4.69) is 19.9 Å². The molecule has 0 spiro atoms. The maximum Gasteiger partial charge on any atom is 0.245 e. The van der Waals surface area contributed by atoms with Crippen molar-refractivity contribution >= 4 is 17.1 Å². The predicted octanol–water partition coefficient (Wildman–Crippen LogP) is 0.465. The second-order valence-corrected chi connectivity index (χ2v) is 4.75. The Morgan fingerprint density at radius 3 is 3.11 bits per heavy atom. The number of hydrogen-bond donors (Lipinski definition) is 2. The van der Waals surface area contributed by atoms with Crippen LogP contribution in [0.25, 0.3) is 11.2 Å². The first kappa shape index (κ1) is 12.1. The van der Waals surface area contributed by atoms with E-state index in [4.69, 9.17) is 19.9 Å². The molecule has 1 atom stereocenters. The lowest BCUT2D eigenvalue weighted by Gasteiger charge is -2.17. The number of nitrogens with one attached hydrogen (secondary N) is 1. The Kier molecular flexibility index (Phi) is 2.76. The van der Waals surface area contributed by atoms with Gasteiger partial charge in [0, 0.05) is 0 Å². The van der Waals surface area contributed by atoms with Crippen molar-refractivity contribution in [2.75, 3.05) is 18.9 Å². The van der Waals surface area contributed by atoms with Gasteiger partial charge >= 0.3 is 0 Å². The zero-order chi connectivity index (χ0) is 13.5. The number of rotatable bonds is 3. The lowest BCUT2D eigenvalue weighted by atomic mass is 10.4. The van der Waals surface area contributed by atoms with Gasteiger partial charge in [-0.05, 0) is 13.8 Å². The summed E-state index contributed by atoms with van der Waals surface area (Å²) in [6, 6.07) is 0. The van der Waals surface area contributed by atoms with E-state index in [9.17, 15) is 0 Å². The number of nitrogens with two attached hydrogens (primary N) is 1. The van der Waals surface area contributed by atoms with Crippen molar-refractivity contribution in [3.63, 3.8) is 0 Å². The van der Waals surface area contributed by atoms with Gasteiger partial charge in [-0.25, -0.2) is 4.98 Å². The topological polar surface area (TPSA) is 108 Å². The van der Waals surface area contributed by atoms with Crippen molar-refractivity contribution < 1.29 is 14.2 Å². The van der Waals surface area contributed by atoms with E-state index in [1.54, 1.807) is 0 Å². The Morgan fingerprint density at radius 1 is 1.53 bits per heavy atom. The molecule has 3 heterocycles. The summed E-state index contributed by atoms with van der Waals surface area (Å²) in [5.41, 5.74) is 6.69. The van der Waals surface area contributed by atoms with Crippen LogP contribution < -0.4 is 10.5 Å². The highest BCUT2D eigenvalue weighted by atomic mass is 16.7. The molecule has 3 N–H and O–H groups in total. The molecule has 8 heteroatoms. The molecule has 2 aromatic heterocycles. The van der Waals surface area contributed by atoms with Crippen LogP contribution in [0.2, 0.25) is 0 Å². The zero-order valence-electron chi connectivity index (χ0n) is 10.7. The highest BCUT2D eigenvalue weighted by Gasteiger charge is 2.33. The molecule has 3 rings (SSSR count). The molecule has 102 valence electrons. The van der Waals surface area contributed by atoms with Crippen LogP contribution in [0, 0.1) is 0 Å². The van der Waals surface area contributed by atoms with Crippen molar-refractivity contribution in [2.24, 2.45) is 0 Å². The van der Waals surface area contributed by atoms with Crippen LogP contribution in [-0.2, 0) is 9.47 Å². The molecule has 0 saturated carbocycles. The minimum absolute atomic E-state index is 0.124. The summed E-state index contributed by atoms with van der Waals surface area (Å²) in [7, 11) is 0. The average molecular weight is 265 g/mol. The Bertz CT molecular complexity index is 597. The summed E-state index contributed by atoms with van der Waals surface area (Å²) in [5.74, 6) is -0.0750. The number of aromatic nitrogens is 4. The van der Waals surface area contributed by atoms with Gasteiger partial charge in [-0.15, -0.1) is 0 Å². The molecule has 0 amide bonds. The summed E-state index contributed by atoms with van der Waals surface area (Å²) >= 11 is 0. The third-order valence-electron chi connectivity index (χ3n) is 2.74. The Hall–Kier alpha value is -1.93. The molecule has 0 aromatic carbocycles. The van der Waals surface area contributed by atoms with Gasteiger partial charge in [0.1, 0.15) is 18.2 Å². The molecule has 0 unspecified atom stereocenters. The zero-order valence-corrected chi connectivity index (χ0v) is 10.7. The largest absolute Gasteiger partial charge is 0.473 e. The van der Waals surface area contributed by atoms with E-state index in [0.717, 1.165) is 0 Å². The van der Waals surface area contributed by atoms with E-state index >= 15 is 0 Å². The van der Waals surface area contributed by atoms with Gasteiger partial charge < -0.3 is 24.9 Å². The number of nitrogens with zero attached hydrogens (tertiary/aromatic N) is 3. The molecular weight excluding hydrogens is 250 g/mol. The molecule has 0 bridgehead atoms. The van der Waals surface area contributed by atoms with Crippen LogP contribution in [0.4, 0.5) is 5.95 Å². The predicted molar refractivity (Wildman–Crippen MR) is 66.5 cm³/mol. The number of fused-ring (bicyclic) bond motifs is 1. The number of anilines is 1. The monoisotopic (exact) mass is 265 g/mol. The van der Waals surface area contributed by atoms with Gasteiger partial charge in [0.2, 0.25) is 11.8 Å². The lowest BCUT2D eigenvalue weighted by molar-refractivity contribution is -0.141. The van der Waals surface area contributed by atoms with Gasteiger partial charge in [-0.1, -0.05) is 0 Å². The summed E-state index contributed by atoms with van der Waals surface area (Å²) in [4.78, 5) is 15.0. The summed E-state index contributed by atoms with van der Waals surface area (Å²) < 4.78 is 16.7. The maximum atomic E-state index is 5.65. The molecular formula is C11H15N5O3. The minimum Gasteiger partial charge on any atom is -0.473 e. The molecule has 1 fully saturated rings. The van der Waals surface area contributed by atoms with E-state index in [0.29, 0.717) is 30.3 Å². The maximum absolute atomic E-state index is 5.65. The van der Waals surface area contributed by atoms with Crippen LogP contribution in [-0.4, -0.2) is 45.0 Å². The third-order valence-corrected chi connectivity index (χ3v) is 2.74. The van der Waals surface area contributed by atoms with E-state index in [1.165, 1.54) is 6.33 Å². The second kappa shape index (κ2) is 4.32. The lowest BCUT2D eigenvalue weighted by Crippen LogP contribution is -2.25. The number of H-pyrrole nitrogens is 1. The number of aromatic amines is 1. The molecule has 0 aliphatic carbocycles. The van der Waals surface area contributed by atoms with Gasteiger partial charge in [-0.3, -0.25) is 0 Å². The van der Waals surface area contributed by atoms with Gasteiger partial charge in [0.25, 0.3) is 0 Å². The summed E-state index contributed by atoms with van der Waals surface area (Å²) in [5, 5.41) is 0. The third kappa shape index (κ3) is 2.45. The number of ether oxygens (including phenoxy) is 3. The fourth-order valence-corrected chi connectivity index (χ4v) is 1.94. The molecule has 1 aliphatic heterocycles. The van der Waals surface area contributed by atoms with Crippen LogP contribution in [0.5, 0.6) is 5.88 Å². The van der Waals surface area contributed by atoms with Gasteiger partial charge in [0.15, 0.2) is 11.4 Å². The van der Waals surface area contributed by atoms with E-state index in [1.807, 2.05) is 13.8 Å². The summed E-state index contributed by atoms with van der Waals surface area (Å²) in [6.45, 7) is 4.54. The Morgan fingerprint density at radius 2 is 2.37 bits per heavy atom. The molecule has 8 nitrogen and oxygen atoms in total. The number of imidazole rings is 1. The van der Waals surface area contributed by atoms with E-state index < -0.39 is 5.79 Å². The Balaban J connectivity index is 1.73. The van der Waals surface area contributed by atoms with Crippen molar-refractivity contribution in [2.45, 2.75) is 25.7 Å². The fraction of sp³-hybridized carbons (Fsp3) is 0.545. The minimum atomic E-state index is -0.567. The van der Waals surface area contributed by atoms with Crippen molar-refractivity contribution in [1.29, 1.82) is 0 Å². The van der Waals surface area contributed by atoms with Crippen LogP contribution in [0.1, 0.15) is 13.8 Å². The second-order valence-electron chi connectivity index (χ2n) is 4.75. The molecule has 1 aliphatic rings. The number of hydrogen-bond acceptors (Lipinski definition) is 7. The van der Waals surface area contributed by atoms with Crippen molar-refractivity contribution in [3.05, 3.63) is 6.33 Å². The van der Waals surface area contributed by atoms with Crippen LogP contribution >= 0.6 is 0 Å². The van der Waals surface area contributed by atoms with Crippen molar-refractivity contribution in [3.8, 4) is 5.88 Å². The normalized spacial score (nSPS) is 21.9. The number of nitrogen functional groups attached to an aromatic ring is 1. The highest BCUT2D eigenvalue weighted by Crippen LogP contribution is 2.24.